The number of benzene rings is 2. The Morgan fingerprint density at radius 1 is 0.837 bits per heavy atom. The van der Waals surface area contributed by atoms with Gasteiger partial charge in [-0.2, -0.15) is 0 Å². The van der Waals surface area contributed by atoms with Gasteiger partial charge in [-0.3, -0.25) is 24.0 Å². The molecule has 1 aliphatic heterocycles. The van der Waals surface area contributed by atoms with Crippen molar-refractivity contribution in [3.63, 3.8) is 0 Å². The molecule has 1 heterocycles. The molecule has 1 fully saturated rings. The highest BCUT2D eigenvalue weighted by molar-refractivity contribution is 8.77. The Morgan fingerprint density at radius 2 is 1.51 bits per heavy atom. The maximum absolute atomic E-state index is 13.3. The summed E-state index contributed by atoms with van der Waals surface area (Å²) in [6.45, 7) is 3.46. The van der Waals surface area contributed by atoms with Crippen LogP contribution >= 0.6 is 21.6 Å². The fourth-order valence-corrected chi connectivity index (χ4v) is 7.62. The van der Waals surface area contributed by atoms with Gasteiger partial charge in [-0.1, -0.05) is 103 Å². The summed E-state index contributed by atoms with van der Waals surface area (Å²) < 4.78 is 0. The van der Waals surface area contributed by atoms with Crippen LogP contribution in [0.15, 0.2) is 60.7 Å². The summed E-state index contributed by atoms with van der Waals surface area (Å²) in [6.07, 6.45) is 4.51. The summed E-state index contributed by atoms with van der Waals surface area (Å²) in [5.41, 5.74) is 1.61. The lowest BCUT2D eigenvalue weighted by Gasteiger charge is -2.25. The van der Waals surface area contributed by atoms with E-state index in [1.165, 1.54) is 12.2 Å². The van der Waals surface area contributed by atoms with Crippen LogP contribution in [-0.4, -0.2) is 59.0 Å². The molecule has 1 unspecified atom stereocenters. The molecule has 0 aliphatic carbocycles. The smallest absolute Gasteiger partial charge is 0.289 e. The normalized spacial score (nSPS) is 15.7. The van der Waals surface area contributed by atoms with Crippen molar-refractivity contribution < 1.29 is 24.0 Å². The molecule has 3 rings (SSSR count). The van der Waals surface area contributed by atoms with Gasteiger partial charge in [0, 0.05) is 30.4 Å². The second kappa shape index (κ2) is 18.4. The Hall–Kier alpha value is -3.31. The van der Waals surface area contributed by atoms with Crippen LogP contribution < -0.4 is 21.3 Å². The van der Waals surface area contributed by atoms with E-state index in [1.54, 1.807) is 13.8 Å². The molecule has 0 saturated carbocycles. The van der Waals surface area contributed by atoms with Gasteiger partial charge in [0.2, 0.25) is 23.5 Å². The number of carbonyl (C=O) groups excluding carboxylic acids is 5. The summed E-state index contributed by atoms with van der Waals surface area (Å²) in [6, 6.07) is 16.2. The first-order chi connectivity index (χ1) is 20.7. The van der Waals surface area contributed by atoms with Gasteiger partial charge in [-0.25, -0.2) is 0 Å². The van der Waals surface area contributed by atoms with Crippen molar-refractivity contribution in [3.05, 3.63) is 71.8 Å². The minimum atomic E-state index is -1.13. The number of hydrogen-bond donors (Lipinski definition) is 4. The Morgan fingerprint density at radius 3 is 2.14 bits per heavy atom. The van der Waals surface area contributed by atoms with Gasteiger partial charge in [0.15, 0.2) is 0 Å². The van der Waals surface area contributed by atoms with E-state index in [9.17, 15) is 24.0 Å². The largest absolute Gasteiger partial charge is 0.347 e. The number of carbonyl (C=O) groups is 5. The molecule has 2 aromatic rings. The zero-order valence-electron chi connectivity index (χ0n) is 24.8. The van der Waals surface area contributed by atoms with E-state index in [4.69, 9.17) is 0 Å². The summed E-state index contributed by atoms with van der Waals surface area (Å²) in [5, 5.41) is 11.3. The third-order valence-electron chi connectivity index (χ3n) is 7.05. The fourth-order valence-electron chi connectivity index (χ4n) is 4.59. The highest BCUT2D eigenvalue weighted by Crippen LogP contribution is 2.39. The molecule has 0 bridgehead atoms. The van der Waals surface area contributed by atoms with Gasteiger partial charge < -0.3 is 21.3 Å². The van der Waals surface area contributed by atoms with E-state index < -0.39 is 35.6 Å². The van der Waals surface area contributed by atoms with E-state index >= 15 is 0 Å². The number of nitrogens with one attached hydrogen (secondary N) is 4. The Bertz CT molecular complexity index is 1210. The number of hydrogen-bond acceptors (Lipinski definition) is 7. The first kappa shape index (κ1) is 34.2. The number of ketones is 1. The molecule has 4 N–H and O–H groups in total. The molecule has 11 heteroatoms. The zero-order valence-corrected chi connectivity index (χ0v) is 26.4. The molecule has 1 aliphatic rings. The zero-order chi connectivity index (χ0) is 31.0. The lowest BCUT2D eigenvalue weighted by Crippen LogP contribution is -2.56. The minimum absolute atomic E-state index is 0.108. The number of rotatable bonds is 17. The SMILES string of the molecule is CC(C)[C@H](NC(=O)CNC(=O)CCCCC1CCSS1)C(=O)N[C@@H](Cc1ccccc1)C(=O)C(=O)NCc1ccccc1. The number of unbranched alkanes of at least 4 members (excludes halogenated alkanes) is 1. The molecular weight excluding hydrogens is 585 g/mol. The van der Waals surface area contributed by atoms with Gasteiger partial charge in [0.25, 0.3) is 5.91 Å². The molecule has 0 radical (unpaired) electrons. The molecule has 0 aromatic heterocycles. The summed E-state index contributed by atoms with van der Waals surface area (Å²) >= 11 is 0. The van der Waals surface area contributed by atoms with Gasteiger partial charge >= 0.3 is 0 Å². The van der Waals surface area contributed by atoms with Crippen molar-refractivity contribution in [1.82, 2.24) is 21.3 Å². The van der Waals surface area contributed by atoms with Crippen LogP contribution in [0.2, 0.25) is 0 Å². The number of amides is 4. The molecule has 0 spiro atoms. The van der Waals surface area contributed by atoms with Gasteiger partial charge in [0.1, 0.15) is 12.1 Å². The second-order valence-corrected chi connectivity index (χ2v) is 13.7. The van der Waals surface area contributed by atoms with Crippen molar-refractivity contribution in [2.75, 3.05) is 12.3 Å². The third kappa shape index (κ3) is 12.4. The molecule has 43 heavy (non-hydrogen) atoms. The molecule has 3 atom stereocenters. The highest BCUT2D eigenvalue weighted by Gasteiger charge is 2.31. The molecule has 2 aromatic carbocycles. The maximum atomic E-state index is 13.3. The first-order valence-corrected chi connectivity index (χ1v) is 17.2. The molecule has 4 amide bonds. The third-order valence-corrected chi connectivity index (χ3v) is 10.1. The lowest BCUT2D eigenvalue weighted by molar-refractivity contribution is -0.140. The Labute approximate surface area is 261 Å². The van der Waals surface area contributed by atoms with Gasteiger partial charge in [-0.05, 0) is 36.3 Å². The molecule has 1 saturated heterocycles. The summed E-state index contributed by atoms with van der Waals surface area (Å²) in [4.78, 5) is 64.3. The van der Waals surface area contributed by atoms with E-state index in [-0.39, 0.29) is 31.3 Å². The van der Waals surface area contributed by atoms with Crippen molar-refractivity contribution >= 4 is 51.0 Å². The first-order valence-electron chi connectivity index (χ1n) is 14.8. The predicted octanol–water partition coefficient (Wildman–Crippen LogP) is 3.57. The number of Topliss-reactive ketones (excluding diaryl/α,β-unsaturated/α-hetero) is 1. The standard InChI is InChI=1S/C32H42N4O5S2/c1-22(2)29(36-28(38)21-33-27(37)16-10-9-15-25-17-18-42-43-25)31(40)35-26(19-23-11-5-3-6-12-23)30(39)32(41)34-20-24-13-7-4-8-14-24/h3-8,11-14,22,25-26,29H,9-10,15-21H2,1-2H3,(H,33,37)(H,34,41)(H,35,40)(H,36,38)/t25?,26-,29-/m0/s1. The van der Waals surface area contributed by atoms with Crippen LogP contribution in [0.3, 0.4) is 0 Å². The minimum Gasteiger partial charge on any atom is -0.347 e. The van der Waals surface area contributed by atoms with Crippen LogP contribution in [0.5, 0.6) is 0 Å². The average molecular weight is 627 g/mol. The van der Waals surface area contributed by atoms with Crippen LogP contribution in [0.1, 0.15) is 57.1 Å². The Kier molecular flexibility index (Phi) is 14.6. The van der Waals surface area contributed by atoms with Crippen LogP contribution in [0.4, 0.5) is 0 Å². The molecular formula is C32H42N4O5S2. The van der Waals surface area contributed by atoms with Gasteiger partial charge in [-0.15, -0.1) is 0 Å². The van der Waals surface area contributed by atoms with E-state index in [0.717, 1.165) is 30.4 Å². The predicted molar refractivity (Wildman–Crippen MR) is 172 cm³/mol. The van der Waals surface area contributed by atoms with Crippen molar-refractivity contribution in [1.29, 1.82) is 0 Å². The van der Waals surface area contributed by atoms with E-state index in [1.807, 2.05) is 82.3 Å². The van der Waals surface area contributed by atoms with Crippen molar-refractivity contribution in [3.8, 4) is 0 Å². The summed E-state index contributed by atoms with van der Waals surface area (Å²) in [5.74, 6) is -2.00. The quantitative estimate of drug-likeness (QED) is 0.120. The highest BCUT2D eigenvalue weighted by atomic mass is 33.1. The van der Waals surface area contributed by atoms with Crippen molar-refractivity contribution in [2.45, 2.75) is 76.3 Å². The topological polar surface area (TPSA) is 133 Å². The average Bonchev–Trinajstić information content (AvgIpc) is 3.53. The van der Waals surface area contributed by atoms with Crippen LogP contribution in [-0.2, 0) is 36.9 Å². The van der Waals surface area contributed by atoms with Crippen LogP contribution in [0.25, 0.3) is 0 Å². The van der Waals surface area contributed by atoms with Crippen LogP contribution in [0, 0.1) is 5.92 Å². The fraction of sp³-hybridized carbons (Fsp3) is 0.469. The molecule has 9 nitrogen and oxygen atoms in total. The van der Waals surface area contributed by atoms with Crippen molar-refractivity contribution in [2.24, 2.45) is 5.92 Å². The van der Waals surface area contributed by atoms with E-state index in [2.05, 4.69) is 21.3 Å². The maximum Gasteiger partial charge on any atom is 0.289 e. The summed E-state index contributed by atoms with van der Waals surface area (Å²) in [7, 11) is 3.83. The Balaban J connectivity index is 1.53. The second-order valence-electron chi connectivity index (χ2n) is 10.9. The molecule has 232 valence electrons. The monoisotopic (exact) mass is 626 g/mol. The lowest BCUT2D eigenvalue weighted by atomic mass is 9.99. The van der Waals surface area contributed by atoms with Gasteiger partial charge in [0.05, 0.1) is 6.54 Å². The van der Waals surface area contributed by atoms with E-state index in [0.29, 0.717) is 11.7 Å².